The highest BCUT2D eigenvalue weighted by atomic mass is 32.1. The van der Waals surface area contributed by atoms with Gasteiger partial charge in [0.25, 0.3) is 0 Å². The first-order valence-corrected chi connectivity index (χ1v) is 51.7. The van der Waals surface area contributed by atoms with E-state index in [1.54, 1.807) is 0 Å². The van der Waals surface area contributed by atoms with Crippen LogP contribution in [0.25, 0.3) is 135 Å². The van der Waals surface area contributed by atoms with Gasteiger partial charge in [0.1, 0.15) is 11.2 Å². The van der Waals surface area contributed by atoms with Gasteiger partial charge in [0, 0.05) is 47.4 Å². The van der Waals surface area contributed by atoms with Crippen LogP contribution >= 0.6 is 11.3 Å². The lowest BCUT2D eigenvalue weighted by Gasteiger charge is -2.33. The third kappa shape index (κ3) is 26.0. The first kappa shape index (κ1) is 105. The van der Waals surface area contributed by atoms with Crippen LogP contribution in [0, 0.1) is 32.5 Å². The molecule has 22 aromatic rings. The lowest BCUT2D eigenvalue weighted by molar-refractivity contribution is 0.469. The van der Waals surface area contributed by atoms with Crippen molar-refractivity contribution in [3.63, 3.8) is 0 Å². The maximum absolute atomic E-state index is 5.65. The molecule has 0 saturated heterocycles. The highest BCUT2D eigenvalue weighted by molar-refractivity contribution is 7.25. The molecular weight excluding hydrogens is 1740 g/mol. The predicted octanol–water partition coefficient (Wildman–Crippen LogP) is 42.0. The van der Waals surface area contributed by atoms with Crippen molar-refractivity contribution in [3.8, 4) is 39.1 Å². The molecule has 0 bridgehead atoms. The first-order chi connectivity index (χ1) is 68.1. The van der Waals surface area contributed by atoms with Gasteiger partial charge in [0.05, 0.1) is 21.9 Å². The van der Waals surface area contributed by atoms with E-state index in [1.807, 2.05) is 47.7 Å². The fourth-order valence-electron chi connectivity index (χ4n) is 18.4. The predicted molar refractivity (Wildman–Crippen MR) is 630 cm³/mol. The second-order valence-electron chi connectivity index (χ2n) is 47.0. The maximum atomic E-state index is 5.65. The molecule has 19 aromatic carbocycles. The molecule has 0 aliphatic heterocycles. The minimum Gasteiger partial charge on any atom is -0.456 e. The molecule has 25 rings (SSSR count). The molecular formula is C140H147NOS. The van der Waals surface area contributed by atoms with E-state index in [2.05, 4.69) is 589 Å². The molecule has 724 valence electrons. The van der Waals surface area contributed by atoms with Crippen molar-refractivity contribution in [1.29, 1.82) is 0 Å². The van der Waals surface area contributed by atoms with Gasteiger partial charge in [-0.25, -0.2) is 0 Å². The molecule has 0 N–H and O–H groups in total. The van der Waals surface area contributed by atoms with Crippen LogP contribution in [0.4, 0.5) is 0 Å². The summed E-state index contributed by atoms with van der Waals surface area (Å²) < 4.78 is 10.7. The Bertz CT molecular complexity index is 6940. The average Bonchev–Trinajstić information content (AvgIpc) is 1.51. The topological polar surface area (TPSA) is 18.1 Å². The molecule has 0 unspecified atom stereocenters. The fourth-order valence-corrected chi connectivity index (χ4v) is 19.5. The molecule has 0 atom stereocenters. The molecule has 0 radical (unpaired) electrons. The highest BCUT2D eigenvalue weighted by Crippen LogP contribution is 2.63. The molecule has 1 spiro atoms. The van der Waals surface area contributed by atoms with E-state index in [4.69, 9.17) is 4.42 Å². The minimum atomic E-state index is -0.254. The van der Waals surface area contributed by atoms with E-state index in [0.29, 0.717) is 32.5 Å². The van der Waals surface area contributed by atoms with Crippen molar-refractivity contribution in [2.24, 2.45) is 32.5 Å². The molecule has 0 fully saturated rings. The van der Waals surface area contributed by atoms with Crippen molar-refractivity contribution < 1.29 is 4.42 Å². The third-order valence-corrected chi connectivity index (χ3v) is 24.2. The van der Waals surface area contributed by atoms with Gasteiger partial charge in [-0.2, -0.15) is 0 Å². The highest BCUT2D eigenvalue weighted by Gasteiger charge is 2.51. The van der Waals surface area contributed by atoms with E-state index in [-0.39, 0.29) is 10.8 Å². The number of fused-ring (bicyclic) bond motifs is 28. The van der Waals surface area contributed by atoms with Gasteiger partial charge in [-0.15, -0.1) is 11.3 Å². The summed E-state index contributed by atoms with van der Waals surface area (Å²) in [5.74, 6) is 0. The third-order valence-electron chi connectivity index (χ3n) is 23.1. The Hall–Kier alpha value is -14.2. The van der Waals surface area contributed by atoms with Gasteiger partial charge in [-0.1, -0.05) is 573 Å². The maximum Gasteiger partial charge on any atom is 0.135 e. The normalized spacial score (nSPS) is 12.4. The molecule has 3 aromatic heterocycles. The van der Waals surface area contributed by atoms with Gasteiger partial charge < -0.3 is 8.98 Å². The van der Waals surface area contributed by atoms with Gasteiger partial charge in [-0.05, 0) is 191 Å². The molecule has 0 saturated carbocycles. The summed E-state index contributed by atoms with van der Waals surface area (Å²) in [7, 11) is 0. The zero-order chi connectivity index (χ0) is 102. The van der Waals surface area contributed by atoms with Crippen LogP contribution in [0.2, 0.25) is 0 Å². The summed E-state index contributed by atoms with van der Waals surface area (Å²) in [6.07, 6.45) is 0. The molecule has 3 heteroatoms. The number of hydrogen-bond acceptors (Lipinski definition) is 2. The number of aromatic nitrogens is 1. The van der Waals surface area contributed by atoms with Crippen molar-refractivity contribution >= 4 is 108 Å². The number of para-hydroxylation sites is 5. The molecule has 0 amide bonds. The summed E-state index contributed by atoms with van der Waals surface area (Å²) in [5.41, 5.74) is 27.4. The van der Waals surface area contributed by atoms with Crippen molar-refractivity contribution in [1.82, 2.24) is 4.57 Å². The summed E-state index contributed by atoms with van der Waals surface area (Å²) >= 11 is 1.86. The van der Waals surface area contributed by atoms with Crippen molar-refractivity contribution in [2.75, 3.05) is 0 Å². The monoisotopic (exact) mass is 1890 g/mol. The summed E-state index contributed by atoms with van der Waals surface area (Å²) in [5, 5.41) is 15.8. The summed E-state index contributed by atoms with van der Waals surface area (Å²) in [6.45, 7) is 52.5. The number of furan rings is 1. The van der Waals surface area contributed by atoms with E-state index < -0.39 is 0 Å². The second kappa shape index (κ2) is 45.4. The molecule has 3 aliphatic rings. The Morgan fingerprint density at radius 1 is 0.168 bits per heavy atom. The average molecular weight is 1890 g/mol. The van der Waals surface area contributed by atoms with E-state index in [1.165, 1.54) is 169 Å². The summed E-state index contributed by atoms with van der Waals surface area (Å²) in [4.78, 5) is 0. The van der Waals surface area contributed by atoms with Crippen molar-refractivity contribution in [3.05, 3.63) is 499 Å². The van der Waals surface area contributed by atoms with Gasteiger partial charge in [-0.3, -0.25) is 0 Å². The molecule has 3 heterocycles. The SMILES string of the molecule is CC(C)(C)C.CC(C)(C)C.CC(C)(C)C.CC(C)(C)C.CC(C)(C)C.CC(C)(C)C.c1ccc(-n2c3ccccc3c3ccccc32)cc1.c1ccc(C2(c3ccccc3)c3ccccc3-c3ccccc32)cc1.c1ccc2c(c1)-c1ccccc1C21c2ccccc2-c2ccccc21.c1ccc2c(c1)c1ccccc1c1ccccc21.c1ccc2c(c1)oc1ccccc12.c1ccc2c(c1)sc1ccccc12. The molecule has 2 nitrogen and oxygen atoms in total. The van der Waals surface area contributed by atoms with Crippen LogP contribution in [-0.4, -0.2) is 4.57 Å². The van der Waals surface area contributed by atoms with Crippen LogP contribution in [-0.2, 0) is 10.8 Å². The Kier molecular flexibility index (Phi) is 33.2. The minimum absolute atomic E-state index is 0.180. The quantitative estimate of drug-likeness (QED) is 0.161. The van der Waals surface area contributed by atoms with E-state index in [0.717, 1.165) is 11.2 Å². The number of rotatable bonds is 3. The fraction of sp³-hybridized carbons (Fsp3) is 0.229. The first-order valence-electron chi connectivity index (χ1n) is 50.9. The van der Waals surface area contributed by atoms with E-state index in [9.17, 15) is 0 Å². The largest absolute Gasteiger partial charge is 0.456 e. The van der Waals surface area contributed by atoms with Crippen LogP contribution < -0.4 is 0 Å². The van der Waals surface area contributed by atoms with Crippen LogP contribution in [0.5, 0.6) is 0 Å². The standard InChI is InChI=1S/C25H16.C25H18.C18H13N.C18H12.C12H8O.C12H8S.6C5H12/c1-5-13-21-17(9-1)18-10-2-6-14-22(18)25(21)23-15-7-3-11-19(23)20-12-4-8-16-24(20)25;1-3-11-19(12-4-1)25(20-13-5-2-6-14-20)23-17-9-7-15-21(23)22-16-8-10-18-24(22)25;1-2-8-14(9-3-1)19-17-12-6-4-10-15(17)16-11-5-7-13-18(16)19;1-2-8-14-13(7-1)15-9-3-4-11-17(15)18-12-6-5-10-16(14)18;2*1-3-7-11-9(5-1)10-6-2-4-8-12(10)13-11;6*1-5(2,3)4/h1-16H;1-18H;1-13H;1-12H;2*1-8H;6*1-4H3. The summed E-state index contributed by atoms with van der Waals surface area (Å²) in [6, 6.07) is 162. The molecule has 143 heavy (non-hydrogen) atoms. The smallest absolute Gasteiger partial charge is 0.135 e. The van der Waals surface area contributed by atoms with Crippen molar-refractivity contribution in [2.45, 2.75) is 177 Å². The van der Waals surface area contributed by atoms with Gasteiger partial charge in [0.2, 0.25) is 0 Å². The molecule has 3 aliphatic carbocycles. The Balaban J connectivity index is 0.000000130. The lowest BCUT2D eigenvalue weighted by atomic mass is 9.68. The Morgan fingerprint density at radius 2 is 0.350 bits per heavy atom. The Labute approximate surface area is 858 Å². The Morgan fingerprint density at radius 3 is 0.608 bits per heavy atom. The van der Waals surface area contributed by atoms with Crippen LogP contribution in [0.3, 0.4) is 0 Å². The number of benzene rings is 19. The van der Waals surface area contributed by atoms with Gasteiger partial charge >= 0.3 is 0 Å². The van der Waals surface area contributed by atoms with E-state index >= 15 is 0 Å². The second-order valence-corrected chi connectivity index (χ2v) is 48.1. The lowest BCUT2D eigenvalue weighted by Crippen LogP contribution is -2.28. The number of thiophene rings is 1. The van der Waals surface area contributed by atoms with Crippen LogP contribution in [0.1, 0.15) is 211 Å². The van der Waals surface area contributed by atoms with Gasteiger partial charge in [0.15, 0.2) is 0 Å². The zero-order valence-electron chi connectivity index (χ0n) is 89.1. The number of nitrogens with zero attached hydrogens (tertiary/aromatic N) is 1. The zero-order valence-corrected chi connectivity index (χ0v) is 89.9. The van der Waals surface area contributed by atoms with Crippen LogP contribution in [0.15, 0.2) is 459 Å². The number of hydrogen-bond donors (Lipinski definition) is 0.